The largest absolute Gasteiger partial charge is 0.496 e. The zero-order valence-electron chi connectivity index (χ0n) is 12.3. The number of ether oxygens (including phenoxy) is 1. The number of aliphatic hydroxyl groups excluding tert-OH is 1. The summed E-state index contributed by atoms with van der Waals surface area (Å²) in [5.74, 6) is 0.407. The molecule has 2 rings (SSSR count). The molecule has 0 unspecified atom stereocenters. The average molecular weight is 442 g/mol. The monoisotopic (exact) mass is 442 g/mol. The van der Waals surface area contributed by atoms with Gasteiger partial charge in [-0.2, -0.15) is 0 Å². The number of halogens is 1. The van der Waals surface area contributed by atoms with Gasteiger partial charge in [-0.1, -0.05) is 12.1 Å². The van der Waals surface area contributed by atoms with E-state index in [9.17, 15) is 4.79 Å². The van der Waals surface area contributed by atoms with Crippen LogP contribution >= 0.6 is 34.8 Å². The quantitative estimate of drug-likeness (QED) is 0.502. The second kappa shape index (κ2) is 8.23. The first-order valence-electron chi connectivity index (χ1n) is 6.69. The molecular formula is C16H15IN2O3S. The Hall–Kier alpha value is -1.71. The molecule has 0 aliphatic heterocycles. The first-order valence-corrected chi connectivity index (χ1v) is 8.18. The third-order valence-corrected chi connectivity index (χ3v) is 4.06. The van der Waals surface area contributed by atoms with Crippen LogP contribution in [0.25, 0.3) is 0 Å². The fourth-order valence-electron chi connectivity index (χ4n) is 1.89. The van der Waals surface area contributed by atoms with Gasteiger partial charge in [-0.05, 0) is 70.7 Å². The van der Waals surface area contributed by atoms with Crippen molar-refractivity contribution in [3.8, 4) is 5.75 Å². The van der Waals surface area contributed by atoms with Crippen molar-refractivity contribution in [1.82, 2.24) is 5.32 Å². The Balaban J connectivity index is 2.01. The van der Waals surface area contributed by atoms with Gasteiger partial charge < -0.3 is 15.2 Å². The molecule has 0 saturated heterocycles. The summed E-state index contributed by atoms with van der Waals surface area (Å²) in [6.07, 6.45) is 0. The van der Waals surface area contributed by atoms with Crippen molar-refractivity contribution < 1.29 is 14.6 Å². The summed E-state index contributed by atoms with van der Waals surface area (Å²) in [6.45, 7) is -0.0566. The highest BCUT2D eigenvalue weighted by atomic mass is 127. The second-order valence-corrected chi connectivity index (χ2v) is 6.19. The summed E-state index contributed by atoms with van der Waals surface area (Å²) in [7, 11) is 1.58. The molecule has 3 N–H and O–H groups in total. The third kappa shape index (κ3) is 4.88. The average Bonchev–Trinajstić information content (AvgIpc) is 2.54. The number of rotatable bonds is 4. The van der Waals surface area contributed by atoms with Gasteiger partial charge in [-0.3, -0.25) is 10.1 Å². The molecular weight excluding hydrogens is 427 g/mol. The maximum atomic E-state index is 12.2. The van der Waals surface area contributed by atoms with Crippen molar-refractivity contribution in [2.45, 2.75) is 6.61 Å². The van der Waals surface area contributed by atoms with Gasteiger partial charge in [-0.25, -0.2) is 0 Å². The van der Waals surface area contributed by atoms with E-state index in [-0.39, 0.29) is 17.6 Å². The Morgan fingerprint density at radius 3 is 2.74 bits per heavy atom. The van der Waals surface area contributed by atoms with Crippen molar-refractivity contribution in [3.05, 3.63) is 57.2 Å². The Labute approximate surface area is 153 Å². The molecule has 7 heteroatoms. The number of nitrogens with one attached hydrogen (secondary N) is 2. The first-order chi connectivity index (χ1) is 11.0. The van der Waals surface area contributed by atoms with Crippen LogP contribution in [-0.2, 0) is 6.61 Å². The molecule has 0 fully saturated rings. The minimum absolute atomic E-state index is 0.0566. The zero-order valence-corrected chi connectivity index (χ0v) is 15.3. The summed E-state index contributed by atoms with van der Waals surface area (Å²) in [4.78, 5) is 12.2. The van der Waals surface area contributed by atoms with Gasteiger partial charge >= 0.3 is 0 Å². The normalized spacial score (nSPS) is 10.0. The number of anilines is 1. The molecule has 2 aromatic rings. The van der Waals surface area contributed by atoms with Crippen LogP contribution in [0.4, 0.5) is 5.69 Å². The smallest absolute Gasteiger partial charge is 0.257 e. The predicted molar refractivity (Wildman–Crippen MR) is 102 cm³/mol. The lowest BCUT2D eigenvalue weighted by molar-refractivity contribution is 0.0977. The minimum Gasteiger partial charge on any atom is -0.496 e. The molecule has 0 atom stereocenters. The summed E-state index contributed by atoms with van der Waals surface area (Å²) >= 11 is 7.24. The Morgan fingerprint density at radius 1 is 1.30 bits per heavy atom. The number of carbonyl (C=O) groups excluding carboxylic acids is 1. The number of methoxy groups -OCH3 is 1. The summed E-state index contributed by atoms with van der Waals surface area (Å²) in [6, 6.07) is 12.3. The van der Waals surface area contributed by atoms with E-state index in [2.05, 4.69) is 33.2 Å². The lowest BCUT2D eigenvalue weighted by atomic mass is 10.2. The van der Waals surface area contributed by atoms with E-state index in [4.69, 9.17) is 22.1 Å². The predicted octanol–water partition coefficient (Wildman–Crippen LogP) is 2.92. The first kappa shape index (κ1) is 17.6. The van der Waals surface area contributed by atoms with Crippen molar-refractivity contribution >= 4 is 51.5 Å². The molecule has 120 valence electrons. The van der Waals surface area contributed by atoms with Crippen LogP contribution in [0.3, 0.4) is 0 Å². The lowest BCUT2D eigenvalue weighted by Crippen LogP contribution is -2.34. The number of hydrogen-bond donors (Lipinski definition) is 3. The van der Waals surface area contributed by atoms with Crippen LogP contribution in [0.2, 0.25) is 0 Å². The number of hydrogen-bond acceptors (Lipinski definition) is 4. The fourth-order valence-corrected chi connectivity index (χ4v) is 2.84. The van der Waals surface area contributed by atoms with Crippen molar-refractivity contribution in [1.29, 1.82) is 0 Å². The summed E-state index contributed by atoms with van der Waals surface area (Å²) in [5, 5.41) is 14.8. The van der Waals surface area contributed by atoms with Crippen LogP contribution < -0.4 is 15.4 Å². The van der Waals surface area contributed by atoms with E-state index in [1.807, 2.05) is 0 Å². The van der Waals surface area contributed by atoms with E-state index >= 15 is 0 Å². The van der Waals surface area contributed by atoms with Gasteiger partial charge in [0.2, 0.25) is 0 Å². The third-order valence-electron chi connectivity index (χ3n) is 3.01. The zero-order chi connectivity index (χ0) is 16.8. The van der Waals surface area contributed by atoms with Gasteiger partial charge in [0, 0.05) is 11.3 Å². The molecule has 0 bridgehead atoms. The van der Waals surface area contributed by atoms with Crippen LogP contribution in [0, 0.1) is 3.57 Å². The Morgan fingerprint density at radius 2 is 2.09 bits per heavy atom. The SMILES string of the molecule is COc1ccc(C(=O)NC(=S)Nc2cccc(CO)c2)cc1I. The topological polar surface area (TPSA) is 70.6 Å². The molecule has 0 radical (unpaired) electrons. The van der Waals surface area contributed by atoms with E-state index in [1.54, 1.807) is 49.6 Å². The molecule has 0 saturated carbocycles. The Bertz CT molecular complexity index is 737. The summed E-state index contributed by atoms with van der Waals surface area (Å²) in [5.41, 5.74) is 1.95. The number of amides is 1. The molecule has 5 nitrogen and oxygen atoms in total. The van der Waals surface area contributed by atoms with Gasteiger partial charge in [0.1, 0.15) is 5.75 Å². The van der Waals surface area contributed by atoms with Gasteiger partial charge in [0.15, 0.2) is 5.11 Å². The highest BCUT2D eigenvalue weighted by Crippen LogP contribution is 2.21. The maximum absolute atomic E-state index is 12.2. The molecule has 0 aliphatic carbocycles. The molecule has 1 amide bonds. The molecule has 0 aliphatic rings. The van der Waals surface area contributed by atoms with Gasteiger partial charge in [0.05, 0.1) is 17.3 Å². The van der Waals surface area contributed by atoms with E-state index < -0.39 is 0 Å². The maximum Gasteiger partial charge on any atom is 0.257 e. The van der Waals surface area contributed by atoms with Crippen molar-refractivity contribution in [2.24, 2.45) is 0 Å². The van der Waals surface area contributed by atoms with Crippen molar-refractivity contribution in [3.63, 3.8) is 0 Å². The van der Waals surface area contributed by atoms with Crippen LogP contribution in [0.1, 0.15) is 15.9 Å². The Kier molecular flexibility index (Phi) is 6.31. The fraction of sp³-hybridized carbons (Fsp3) is 0.125. The second-order valence-electron chi connectivity index (χ2n) is 4.62. The highest BCUT2D eigenvalue weighted by molar-refractivity contribution is 14.1. The van der Waals surface area contributed by atoms with E-state index in [0.717, 1.165) is 9.13 Å². The summed E-state index contributed by atoms with van der Waals surface area (Å²) < 4.78 is 6.00. The molecule has 0 spiro atoms. The standard InChI is InChI=1S/C16H15IN2O3S/c1-22-14-6-5-11(8-13(14)17)15(21)19-16(23)18-12-4-2-3-10(7-12)9-20/h2-8,20H,9H2,1H3,(H2,18,19,21,23). The van der Waals surface area contributed by atoms with Crippen molar-refractivity contribution in [2.75, 3.05) is 12.4 Å². The van der Waals surface area contributed by atoms with Crippen LogP contribution in [-0.4, -0.2) is 23.2 Å². The lowest BCUT2D eigenvalue weighted by Gasteiger charge is -2.11. The van der Waals surface area contributed by atoms with Gasteiger partial charge in [-0.15, -0.1) is 0 Å². The molecule has 23 heavy (non-hydrogen) atoms. The highest BCUT2D eigenvalue weighted by Gasteiger charge is 2.10. The minimum atomic E-state index is -0.304. The van der Waals surface area contributed by atoms with Gasteiger partial charge in [0.25, 0.3) is 5.91 Å². The number of thiocarbonyl (C=S) groups is 1. The number of aliphatic hydroxyl groups is 1. The van der Waals surface area contributed by atoms with E-state index in [1.165, 1.54) is 0 Å². The number of benzene rings is 2. The molecule has 0 aromatic heterocycles. The van der Waals surface area contributed by atoms with E-state index in [0.29, 0.717) is 17.0 Å². The van der Waals surface area contributed by atoms with Crippen LogP contribution in [0.15, 0.2) is 42.5 Å². The molecule has 0 heterocycles. The number of carbonyl (C=O) groups is 1. The molecule has 2 aromatic carbocycles. The van der Waals surface area contributed by atoms with Crippen LogP contribution in [0.5, 0.6) is 5.75 Å².